The zero-order valence-corrected chi connectivity index (χ0v) is 10.2. The molecule has 1 unspecified atom stereocenters. The minimum absolute atomic E-state index is 0.216. The summed E-state index contributed by atoms with van der Waals surface area (Å²) in [5.41, 5.74) is 0. The Bertz CT molecular complexity index is 306. The highest BCUT2D eigenvalue weighted by Crippen LogP contribution is 2.23. The van der Waals surface area contributed by atoms with Crippen molar-refractivity contribution in [2.75, 3.05) is 11.5 Å². The Morgan fingerprint density at radius 1 is 1.33 bits per heavy atom. The molecule has 4 heteroatoms. The third-order valence-corrected chi connectivity index (χ3v) is 4.85. The molecule has 0 radical (unpaired) electrons. The normalized spacial score (nSPS) is 23.8. The van der Waals surface area contributed by atoms with Crippen molar-refractivity contribution in [2.45, 2.75) is 45.4 Å². The molecule has 0 aromatic carbocycles. The maximum Gasteiger partial charge on any atom is 0.150 e. The van der Waals surface area contributed by atoms with E-state index in [4.69, 9.17) is 0 Å². The number of ketones is 1. The first-order valence-corrected chi connectivity index (χ1v) is 7.58. The van der Waals surface area contributed by atoms with Crippen molar-refractivity contribution >= 4 is 15.6 Å². The lowest BCUT2D eigenvalue weighted by Crippen LogP contribution is -2.14. The maximum absolute atomic E-state index is 11.3. The van der Waals surface area contributed by atoms with Gasteiger partial charge in [0, 0.05) is 18.6 Å². The molecule has 1 saturated carbocycles. The number of rotatable bonds is 4. The van der Waals surface area contributed by atoms with Crippen LogP contribution in [0.4, 0.5) is 0 Å². The molecular weight excluding hydrogens is 212 g/mol. The number of hydrogen-bond donors (Lipinski definition) is 0. The first-order valence-electron chi connectivity index (χ1n) is 5.75. The van der Waals surface area contributed by atoms with Gasteiger partial charge in [-0.15, -0.1) is 0 Å². The molecule has 0 spiro atoms. The maximum atomic E-state index is 11.3. The van der Waals surface area contributed by atoms with Crippen LogP contribution in [0.1, 0.15) is 45.4 Å². The van der Waals surface area contributed by atoms with E-state index in [1.165, 1.54) is 0 Å². The van der Waals surface area contributed by atoms with E-state index < -0.39 is 9.84 Å². The summed E-state index contributed by atoms with van der Waals surface area (Å²) in [6.45, 7) is 1.67. The lowest BCUT2D eigenvalue weighted by molar-refractivity contribution is -0.119. The molecule has 3 nitrogen and oxygen atoms in total. The van der Waals surface area contributed by atoms with Crippen LogP contribution in [0.2, 0.25) is 0 Å². The minimum Gasteiger partial charge on any atom is -0.300 e. The number of carbonyl (C=O) groups excluding carboxylic acids is 1. The summed E-state index contributed by atoms with van der Waals surface area (Å²) in [5.74, 6) is 1.09. The van der Waals surface area contributed by atoms with E-state index in [0.717, 1.165) is 19.3 Å². The predicted molar refractivity (Wildman–Crippen MR) is 60.5 cm³/mol. The van der Waals surface area contributed by atoms with Crippen molar-refractivity contribution in [2.24, 2.45) is 5.92 Å². The van der Waals surface area contributed by atoms with E-state index in [0.29, 0.717) is 31.0 Å². The fourth-order valence-electron chi connectivity index (χ4n) is 2.02. The lowest BCUT2D eigenvalue weighted by Gasteiger charge is -2.12. The van der Waals surface area contributed by atoms with Crippen molar-refractivity contribution in [3.05, 3.63) is 0 Å². The summed E-state index contributed by atoms with van der Waals surface area (Å²) in [4.78, 5) is 11.3. The van der Waals surface area contributed by atoms with E-state index in [2.05, 4.69) is 0 Å². The third-order valence-electron chi connectivity index (χ3n) is 3.11. The van der Waals surface area contributed by atoms with Crippen LogP contribution < -0.4 is 0 Å². The van der Waals surface area contributed by atoms with Crippen molar-refractivity contribution in [3.63, 3.8) is 0 Å². The second-order valence-corrected chi connectivity index (χ2v) is 6.85. The van der Waals surface area contributed by atoms with Gasteiger partial charge in [0.2, 0.25) is 0 Å². The molecule has 0 saturated heterocycles. The Morgan fingerprint density at radius 2 is 2.07 bits per heavy atom. The summed E-state index contributed by atoms with van der Waals surface area (Å²) in [6, 6.07) is 0. The monoisotopic (exact) mass is 232 g/mol. The van der Waals surface area contributed by atoms with Gasteiger partial charge in [-0.05, 0) is 25.2 Å². The van der Waals surface area contributed by atoms with E-state index in [-0.39, 0.29) is 11.5 Å². The molecule has 1 aliphatic rings. The molecule has 0 amide bonds. The van der Waals surface area contributed by atoms with Crippen molar-refractivity contribution in [1.29, 1.82) is 0 Å². The molecular formula is C11H20O3S. The van der Waals surface area contributed by atoms with Crippen LogP contribution in [0.15, 0.2) is 0 Å². The summed E-state index contributed by atoms with van der Waals surface area (Å²) >= 11 is 0. The van der Waals surface area contributed by atoms with Gasteiger partial charge < -0.3 is 0 Å². The molecule has 1 atom stereocenters. The van der Waals surface area contributed by atoms with Crippen molar-refractivity contribution < 1.29 is 13.2 Å². The van der Waals surface area contributed by atoms with Crippen LogP contribution in [0.25, 0.3) is 0 Å². The summed E-state index contributed by atoms with van der Waals surface area (Å²) in [5, 5.41) is 0. The van der Waals surface area contributed by atoms with E-state index in [9.17, 15) is 13.2 Å². The lowest BCUT2D eigenvalue weighted by atomic mass is 9.97. The van der Waals surface area contributed by atoms with Gasteiger partial charge in [0.05, 0.1) is 5.75 Å². The Hall–Kier alpha value is -0.380. The second kappa shape index (κ2) is 5.64. The zero-order valence-electron chi connectivity index (χ0n) is 9.37. The molecule has 1 fully saturated rings. The SMILES string of the molecule is CCS(=O)(=O)CCC1CCCCC(=O)C1. The first kappa shape index (κ1) is 12.7. The van der Waals surface area contributed by atoms with Gasteiger partial charge >= 0.3 is 0 Å². The average molecular weight is 232 g/mol. The number of hydrogen-bond acceptors (Lipinski definition) is 3. The van der Waals surface area contributed by atoms with Gasteiger partial charge in [0.25, 0.3) is 0 Å². The molecule has 0 aromatic rings. The molecule has 1 rings (SSSR count). The van der Waals surface area contributed by atoms with Gasteiger partial charge in [-0.2, -0.15) is 0 Å². The smallest absolute Gasteiger partial charge is 0.150 e. The van der Waals surface area contributed by atoms with E-state index in [1.807, 2.05) is 0 Å². The largest absolute Gasteiger partial charge is 0.300 e. The molecule has 88 valence electrons. The van der Waals surface area contributed by atoms with Crippen molar-refractivity contribution in [1.82, 2.24) is 0 Å². The van der Waals surface area contributed by atoms with Crippen LogP contribution in [0.5, 0.6) is 0 Å². The summed E-state index contributed by atoms with van der Waals surface area (Å²) < 4.78 is 22.6. The Kier molecular flexibility index (Phi) is 4.77. The Balaban J connectivity index is 2.40. The Labute approximate surface area is 92.2 Å². The van der Waals surface area contributed by atoms with E-state index >= 15 is 0 Å². The fourth-order valence-corrected chi connectivity index (χ4v) is 3.00. The number of carbonyl (C=O) groups is 1. The number of sulfone groups is 1. The van der Waals surface area contributed by atoms with Crippen LogP contribution in [0.3, 0.4) is 0 Å². The first-order chi connectivity index (χ1) is 7.03. The van der Waals surface area contributed by atoms with Crippen molar-refractivity contribution in [3.8, 4) is 0 Å². The molecule has 0 bridgehead atoms. The van der Waals surface area contributed by atoms with Gasteiger partial charge in [0.1, 0.15) is 15.6 Å². The van der Waals surface area contributed by atoms with Crippen LogP contribution >= 0.6 is 0 Å². The minimum atomic E-state index is -2.86. The number of Topliss-reactive ketones (excluding diaryl/α,β-unsaturated/α-hetero) is 1. The van der Waals surface area contributed by atoms with Crippen LogP contribution in [-0.4, -0.2) is 25.7 Å². The van der Waals surface area contributed by atoms with Gasteiger partial charge in [-0.1, -0.05) is 13.3 Å². The van der Waals surface area contributed by atoms with Gasteiger partial charge in [0.15, 0.2) is 0 Å². The summed E-state index contributed by atoms with van der Waals surface area (Å²) in [7, 11) is -2.86. The zero-order chi connectivity index (χ0) is 11.3. The highest BCUT2D eigenvalue weighted by molar-refractivity contribution is 7.91. The standard InChI is InChI=1S/C11H20O3S/c1-2-15(13,14)8-7-10-5-3-4-6-11(12)9-10/h10H,2-9H2,1H3. The van der Waals surface area contributed by atoms with Gasteiger partial charge in [-0.3, -0.25) is 4.79 Å². The third kappa shape index (κ3) is 4.78. The van der Waals surface area contributed by atoms with E-state index in [1.54, 1.807) is 6.92 Å². The molecule has 0 aromatic heterocycles. The molecule has 1 aliphatic carbocycles. The predicted octanol–water partition coefficient (Wildman–Crippen LogP) is 1.96. The topological polar surface area (TPSA) is 51.2 Å². The highest BCUT2D eigenvalue weighted by atomic mass is 32.2. The average Bonchev–Trinajstić information content (AvgIpc) is 2.40. The summed E-state index contributed by atoms with van der Waals surface area (Å²) in [6.07, 6.45) is 5.03. The fraction of sp³-hybridized carbons (Fsp3) is 0.909. The molecule has 0 heterocycles. The van der Waals surface area contributed by atoms with Crippen LogP contribution in [0, 0.1) is 5.92 Å². The molecule has 0 aliphatic heterocycles. The molecule has 0 N–H and O–H groups in total. The highest BCUT2D eigenvalue weighted by Gasteiger charge is 2.19. The quantitative estimate of drug-likeness (QED) is 0.696. The van der Waals surface area contributed by atoms with Gasteiger partial charge in [-0.25, -0.2) is 8.42 Å². The second-order valence-electron chi connectivity index (χ2n) is 4.38. The van der Waals surface area contributed by atoms with Crippen LogP contribution in [-0.2, 0) is 14.6 Å². The Morgan fingerprint density at radius 3 is 2.73 bits per heavy atom. The molecule has 15 heavy (non-hydrogen) atoms.